The van der Waals surface area contributed by atoms with Crippen LogP contribution in [0.25, 0.3) is 44.5 Å². The Hall–Kier alpha value is -3.93. The van der Waals surface area contributed by atoms with Crippen molar-refractivity contribution in [1.29, 1.82) is 0 Å². The van der Waals surface area contributed by atoms with E-state index in [9.17, 15) is 0 Å². The van der Waals surface area contributed by atoms with Crippen LogP contribution < -0.4 is 5.73 Å². The zero-order valence-corrected chi connectivity index (χ0v) is 16.1. The van der Waals surface area contributed by atoms with Crippen molar-refractivity contribution < 1.29 is 4.52 Å². The van der Waals surface area contributed by atoms with E-state index in [1.54, 1.807) is 6.20 Å². The molecule has 0 saturated heterocycles. The van der Waals surface area contributed by atoms with E-state index in [-0.39, 0.29) is 0 Å². The minimum atomic E-state index is 0.377. The molecule has 0 fully saturated rings. The number of imidazole rings is 1. The summed E-state index contributed by atoms with van der Waals surface area (Å²) in [6.07, 6.45) is 1.81. The number of aromatic amines is 1. The van der Waals surface area contributed by atoms with E-state index in [1.165, 1.54) is 0 Å². The Morgan fingerprint density at radius 1 is 0.931 bits per heavy atom. The molecule has 0 aliphatic carbocycles. The lowest BCUT2D eigenvalue weighted by Crippen LogP contribution is -1.92. The molecule has 3 aromatic heterocycles. The van der Waals surface area contributed by atoms with Crippen LogP contribution in [-0.4, -0.2) is 20.1 Å². The largest absolute Gasteiger partial charge is 0.369 e. The number of nitrogens with zero attached hydrogens (tertiary/aromatic N) is 3. The van der Waals surface area contributed by atoms with Gasteiger partial charge in [-0.15, -0.1) is 0 Å². The number of nitrogens with one attached hydrogen (secondary N) is 1. The number of H-pyrrole nitrogens is 1. The fourth-order valence-corrected chi connectivity index (χ4v) is 3.83. The molecule has 0 aliphatic heterocycles. The highest BCUT2D eigenvalue weighted by atomic mass is 16.5. The summed E-state index contributed by atoms with van der Waals surface area (Å²) in [6, 6.07) is 18.3. The molecule has 0 unspecified atom stereocenters. The highest BCUT2D eigenvalue weighted by molar-refractivity contribution is 6.00. The quantitative estimate of drug-likeness (QED) is 0.451. The van der Waals surface area contributed by atoms with Gasteiger partial charge in [-0.1, -0.05) is 41.6 Å². The summed E-state index contributed by atoms with van der Waals surface area (Å²) in [4.78, 5) is 12.4. The van der Waals surface area contributed by atoms with Crippen molar-refractivity contribution >= 4 is 17.0 Å². The van der Waals surface area contributed by atoms with Crippen LogP contribution in [0, 0.1) is 13.8 Å². The lowest BCUT2D eigenvalue weighted by Gasteiger charge is -2.11. The number of hydrogen-bond acceptors (Lipinski definition) is 5. The summed E-state index contributed by atoms with van der Waals surface area (Å²) < 4.78 is 5.39. The number of nitrogens with two attached hydrogens (primary N) is 1. The highest BCUT2D eigenvalue weighted by Gasteiger charge is 2.19. The number of benzene rings is 2. The van der Waals surface area contributed by atoms with Crippen LogP contribution in [0.2, 0.25) is 0 Å². The maximum Gasteiger partial charge on any atom is 0.198 e. The average Bonchev–Trinajstić information content (AvgIpc) is 3.28. The van der Waals surface area contributed by atoms with E-state index in [4.69, 9.17) is 10.3 Å². The first-order valence-electron chi connectivity index (χ1n) is 9.35. The summed E-state index contributed by atoms with van der Waals surface area (Å²) in [5.74, 6) is 1.15. The van der Waals surface area contributed by atoms with Gasteiger partial charge in [0.05, 0.1) is 22.4 Å². The SMILES string of the molecule is Cc1noc(C)c1-c1cc(-c2cccnc2-c2ccccc2)c2nc(N)[nH]c2c1. The van der Waals surface area contributed by atoms with Gasteiger partial charge in [-0.2, -0.15) is 0 Å². The van der Waals surface area contributed by atoms with Crippen LogP contribution in [-0.2, 0) is 0 Å². The van der Waals surface area contributed by atoms with Crippen molar-refractivity contribution in [1.82, 2.24) is 20.1 Å². The van der Waals surface area contributed by atoms with Crippen molar-refractivity contribution in [2.75, 3.05) is 5.73 Å². The molecule has 29 heavy (non-hydrogen) atoms. The maximum absolute atomic E-state index is 6.00. The molecular formula is C23H19N5O. The van der Waals surface area contributed by atoms with Crippen molar-refractivity contribution in [3.8, 4) is 33.5 Å². The third-order valence-electron chi connectivity index (χ3n) is 5.07. The molecule has 3 heterocycles. The second-order valence-corrected chi connectivity index (χ2v) is 7.01. The first-order valence-corrected chi connectivity index (χ1v) is 9.35. The van der Waals surface area contributed by atoms with E-state index in [0.717, 1.165) is 56.0 Å². The number of aryl methyl sites for hydroxylation is 2. The summed E-state index contributed by atoms with van der Waals surface area (Å²) in [5, 5.41) is 4.11. The fourth-order valence-electron chi connectivity index (χ4n) is 3.83. The van der Waals surface area contributed by atoms with Gasteiger partial charge in [-0.25, -0.2) is 4.98 Å². The molecule has 5 aromatic rings. The number of pyridine rings is 1. The lowest BCUT2D eigenvalue weighted by molar-refractivity contribution is 0.393. The van der Waals surface area contributed by atoms with Gasteiger partial charge in [0.15, 0.2) is 5.95 Å². The van der Waals surface area contributed by atoms with E-state index in [0.29, 0.717) is 5.95 Å². The predicted molar refractivity (Wildman–Crippen MR) is 114 cm³/mol. The lowest BCUT2D eigenvalue weighted by atomic mass is 9.94. The zero-order chi connectivity index (χ0) is 20.0. The minimum absolute atomic E-state index is 0.377. The topological polar surface area (TPSA) is 93.6 Å². The van der Waals surface area contributed by atoms with Gasteiger partial charge >= 0.3 is 0 Å². The molecule has 0 amide bonds. The Labute approximate surface area is 167 Å². The number of nitrogen functional groups attached to an aromatic ring is 1. The Bertz CT molecular complexity index is 1310. The van der Waals surface area contributed by atoms with Gasteiger partial charge in [0, 0.05) is 28.5 Å². The zero-order valence-electron chi connectivity index (χ0n) is 16.1. The molecule has 5 rings (SSSR count). The average molecular weight is 381 g/mol. The monoisotopic (exact) mass is 381 g/mol. The summed E-state index contributed by atoms with van der Waals surface area (Å²) in [5.41, 5.74) is 14.4. The fraction of sp³-hybridized carbons (Fsp3) is 0.0870. The molecule has 0 saturated carbocycles. The second kappa shape index (κ2) is 6.60. The number of aromatic nitrogens is 4. The van der Waals surface area contributed by atoms with Crippen LogP contribution in [0.3, 0.4) is 0 Å². The van der Waals surface area contributed by atoms with E-state index in [2.05, 4.69) is 44.4 Å². The molecule has 6 nitrogen and oxygen atoms in total. The van der Waals surface area contributed by atoms with Gasteiger partial charge in [0.2, 0.25) is 0 Å². The maximum atomic E-state index is 6.00. The Balaban J connectivity index is 1.83. The first kappa shape index (κ1) is 17.2. The van der Waals surface area contributed by atoms with E-state index < -0.39 is 0 Å². The van der Waals surface area contributed by atoms with Gasteiger partial charge in [-0.3, -0.25) is 4.98 Å². The third kappa shape index (κ3) is 2.86. The molecule has 0 bridgehead atoms. The Kier molecular flexibility index (Phi) is 3.91. The molecule has 6 heteroatoms. The standard InChI is InChI=1S/C23H19N5O/c1-13-20(14(2)29-28-13)16-11-18(22-19(12-16)26-23(24)27-22)17-9-6-10-25-21(17)15-7-4-3-5-8-15/h3-12H,1-2H3,(H3,24,26,27). The van der Waals surface area contributed by atoms with Crippen molar-refractivity contribution in [3.05, 3.63) is 72.2 Å². The van der Waals surface area contributed by atoms with Crippen LogP contribution in [0.15, 0.2) is 65.3 Å². The van der Waals surface area contributed by atoms with Crippen LogP contribution >= 0.6 is 0 Å². The van der Waals surface area contributed by atoms with Gasteiger partial charge in [0.1, 0.15) is 5.76 Å². The molecular weight excluding hydrogens is 362 g/mol. The van der Waals surface area contributed by atoms with Crippen LogP contribution in [0.1, 0.15) is 11.5 Å². The van der Waals surface area contributed by atoms with Gasteiger partial charge in [-0.05, 0) is 37.6 Å². The number of fused-ring (bicyclic) bond motifs is 1. The van der Waals surface area contributed by atoms with Crippen molar-refractivity contribution in [2.24, 2.45) is 0 Å². The van der Waals surface area contributed by atoms with Crippen molar-refractivity contribution in [3.63, 3.8) is 0 Å². The van der Waals surface area contributed by atoms with E-state index in [1.807, 2.05) is 44.2 Å². The third-order valence-corrected chi connectivity index (χ3v) is 5.07. The molecule has 0 radical (unpaired) electrons. The number of rotatable bonds is 3. The molecule has 142 valence electrons. The van der Waals surface area contributed by atoms with Gasteiger partial charge in [0.25, 0.3) is 0 Å². The van der Waals surface area contributed by atoms with E-state index >= 15 is 0 Å². The summed E-state index contributed by atoms with van der Waals surface area (Å²) in [6.45, 7) is 3.86. The number of hydrogen-bond donors (Lipinski definition) is 2. The molecule has 0 atom stereocenters. The second-order valence-electron chi connectivity index (χ2n) is 7.01. The van der Waals surface area contributed by atoms with Crippen LogP contribution in [0.5, 0.6) is 0 Å². The first-order chi connectivity index (χ1) is 14.1. The Morgan fingerprint density at radius 3 is 2.52 bits per heavy atom. The molecule has 2 aromatic carbocycles. The molecule has 0 spiro atoms. The molecule has 3 N–H and O–H groups in total. The van der Waals surface area contributed by atoms with Crippen molar-refractivity contribution in [2.45, 2.75) is 13.8 Å². The summed E-state index contributed by atoms with van der Waals surface area (Å²) in [7, 11) is 0. The smallest absolute Gasteiger partial charge is 0.198 e. The molecule has 0 aliphatic rings. The predicted octanol–water partition coefficient (Wildman–Crippen LogP) is 5.15. The van der Waals surface area contributed by atoms with Crippen LogP contribution in [0.4, 0.5) is 5.95 Å². The highest BCUT2D eigenvalue weighted by Crippen LogP contribution is 2.38. The minimum Gasteiger partial charge on any atom is -0.369 e. The van der Waals surface area contributed by atoms with Gasteiger partial charge < -0.3 is 15.2 Å². The Morgan fingerprint density at radius 2 is 1.76 bits per heavy atom. The normalized spacial score (nSPS) is 11.2. The number of anilines is 1. The summed E-state index contributed by atoms with van der Waals surface area (Å²) >= 11 is 0.